The van der Waals surface area contributed by atoms with Crippen molar-refractivity contribution in [2.24, 2.45) is 0 Å². The van der Waals surface area contributed by atoms with E-state index in [0.717, 1.165) is 0 Å². The van der Waals surface area contributed by atoms with Crippen LogP contribution in [0.25, 0.3) is 0 Å². The molecule has 2 aliphatic heterocycles. The molecule has 2 aliphatic rings. The third-order valence-electron chi connectivity index (χ3n) is 2.62. The molecule has 1 N–H and O–H groups in total. The van der Waals surface area contributed by atoms with E-state index >= 15 is 0 Å². The highest BCUT2D eigenvalue weighted by Crippen LogP contribution is 2.34. The molecule has 0 aromatic rings. The summed E-state index contributed by atoms with van der Waals surface area (Å²) < 4.78 is 21.8. The molecule has 0 amide bonds. The van der Waals surface area contributed by atoms with Crippen molar-refractivity contribution in [3.63, 3.8) is 0 Å². The summed E-state index contributed by atoms with van der Waals surface area (Å²) in [7, 11) is 0. The van der Waals surface area contributed by atoms with Gasteiger partial charge in [0.1, 0.15) is 18.3 Å². The Labute approximate surface area is 99.6 Å². The second-order valence-electron chi connectivity index (χ2n) is 4.39. The molecule has 94 valence electrons. The third-order valence-corrected chi connectivity index (χ3v) is 2.78. The monoisotopic (exact) mass is 252 g/mol. The molecule has 2 rings (SSSR count). The fourth-order valence-electron chi connectivity index (χ4n) is 2.03. The van der Waals surface area contributed by atoms with Crippen LogP contribution in [0.5, 0.6) is 0 Å². The Bertz CT molecular complexity index is 247. The third kappa shape index (κ3) is 2.50. The summed E-state index contributed by atoms with van der Waals surface area (Å²) in [5, 5.41) is 10.00. The van der Waals surface area contributed by atoms with Crippen LogP contribution >= 0.6 is 11.6 Å². The van der Waals surface area contributed by atoms with E-state index in [1.807, 2.05) is 13.8 Å². The van der Waals surface area contributed by atoms with Crippen molar-refractivity contribution in [1.82, 2.24) is 0 Å². The van der Waals surface area contributed by atoms with Crippen LogP contribution in [0.3, 0.4) is 0 Å². The van der Waals surface area contributed by atoms with Gasteiger partial charge < -0.3 is 24.1 Å². The lowest BCUT2D eigenvalue weighted by Crippen LogP contribution is -2.52. The normalized spacial score (nSPS) is 42.0. The maximum absolute atomic E-state index is 10.00. The average Bonchev–Trinajstić information content (AvgIpc) is 2.53. The SMILES string of the molecule is CC1(C)OC2COC(OCCCl)C(O)C2O1. The van der Waals surface area contributed by atoms with Crippen molar-refractivity contribution >= 4 is 11.6 Å². The van der Waals surface area contributed by atoms with Crippen molar-refractivity contribution in [3.8, 4) is 0 Å². The van der Waals surface area contributed by atoms with Gasteiger partial charge in [-0.2, -0.15) is 0 Å². The molecule has 2 fully saturated rings. The lowest BCUT2D eigenvalue weighted by Gasteiger charge is -2.34. The Morgan fingerprint density at radius 3 is 2.88 bits per heavy atom. The second-order valence-corrected chi connectivity index (χ2v) is 4.77. The minimum absolute atomic E-state index is 0.235. The maximum Gasteiger partial charge on any atom is 0.186 e. The molecule has 0 aromatic heterocycles. The molecule has 0 aliphatic carbocycles. The summed E-state index contributed by atoms with van der Waals surface area (Å²) >= 11 is 5.51. The minimum Gasteiger partial charge on any atom is -0.385 e. The van der Waals surface area contributed by atoms with E-state index in [4.69, 9.17) is 30.5 Å². The zero-order valence-electron chi connectivity index (χ0n) is 9.39. The van der Waals surface area contributed by atoms with Gasteiger partial charge in [-0.15, -0.1) is 11.6 Å². The summed E-state index contributed by atoms with van der Waals surface area (Å²) in [6.07, 6.45) is -2.16. The van der Waals surface area contributed by atoms with Gasteiger partial charge in [-0.05, 0) is 13.8 Å². The number of aliphatic hydroxyl groups excluding tert-OH is 1. The van der Waals surface area contributed by atoms with Crippen LogP contribution in [0, 0.1) is 0 Å². The lowest BCUT2D eigenvalue weighted by atomic mass is 10.1. The maximum atomic E-state index is 10.00. The quantitative estimate of drug-likeness (QED) is 0.741. The standard InChI is InChI=1S/C10H17ClO5/c1-10(2)15-6-5-14-9(13-4-3-11)7(12)8(6)16-10/h6-9,12H,3-5H2,1-2H3. The van der Waals surface area contributed by atoms with E-state index in [1.54, 1.807) is 0 Å². The van der Waals surface area contributed by atoms with E-state index in [2.05, 4.69) is 0 Å². The smallest absolute Gasteiger partial charge is 0.186 e. The van der Waals surface area contributed by atoms with Crippen molar-refractivity contribution < 1.29 is 24.1 Å². The molecule has 6 heteroatoms. The van der Waals surface area contributed by atoms with Crippen LogP contribution in [0.2, 0.25) is 0 Å². The van der Waals surface area contributed by atoms with Crippen molar-refractivity contribution in [2.45, 2.75) is 44.2 Å². The van der Waals surface area contributed by atoms with Gasteiger partial charge in [0.15, 0.2) is 12.1 Å². The van der Waals surface area contributed by atoms with Gasteiger partial charge in [-0.25, -0.2) is 0 Å². The molecule has 0 spiro atoms. The van der Waals surface area contributed by atoms with Crippen LogP contribution in [0.4, 0.5) is 0 Å². The van der Waals surface area contributed by atoms with Gasteiger partial charge >= 0.3 is 0 Å². The Kier molecular flexibility index (Phi) is 3.73. The number of alkyl halides is 1. The first-order valence-electron chi connectivity index (χ1n) is 5.36. The molecule has 16 heavy (non-hydrogen) atoms. The van der Waals surface area contributed by atoms with Crippen LogP contribution < -0.4 is 0 Å². The number of halogens is 1. The molecule has 4 unspecified atom stereocenters. The van der Waals surface area contributed by atoms with E-state index in [1.165, 1.54) is 0 Å². The van der Waals surface area contributed by atoms with Crippen LogP contribution in [-0.2, 0) is 18.9 Å². The van der Waals surface area contributed by atoms with Gasteiger partial charge in [0.05, 0.1) is 13.2 Å². The molecule has 0 bridgehead atoms. The van der Waals surface area contributed by atoms with Crippen LogP contribution in [0.1, 0.15) is 13.8 Å². The second kappa shape index (κ2) is 4.76. The van der Waals surface area contributed by atoms with Gasteiger partial charge in [-0.1, -0.05) is 0 Å². The number of ether oxygens (including phenoxy) is 4. The fourth-order valence-corrected chi connectivity index (χ4v) is 2.12. The lowest BCUT2D eigenvalue weighted by molar-refractivity contribution is -0.249. The molecular formula is C10H17ClO5. The summed E-state index contributed by atoms with van der Waals surface area (Å²) in [5.41, 5.74) is 0. The largest absolute Gasteiger partial charge is 0.385 e. The number of hydrogen-bond acceptors (Lipinski definition) is 5. The summed E-state index contributed by atoms with van der Waals surface area (Å²) in [6.45, 7) is 4.32. The highest BCUT2D eigenvalue weighted by Gasteiger charge is 2.50. The zero-order valence-corrected chi connectivity index (χ0v) is 10.1. The molecule has 2 saturated heterocycles. The van der Waals surface area contributed by atoms with Gasteiger partial charge in [0, 0.05) is 5.88 Å². The van der Waals surface area contributed by atoms with E-state index < -0.39 is 24.3 Å². The first-order chi connectivity index (χ1) is 7.53. The molecule has 0 aromatic carbocycles. The van der Waals surface area contributed by atoms with Gasteiger partial charge in [0.2, 0.25) is 0 Å². The molecule has 2 heterocycles. The topological polar surface area (TPSA) is 57.2 Å². The van der Waals surface area contributed by atoms with E-state index in [0.29, 0.717) is 19.1 Å². The Morgan fingerprint density at radius 1 is 1.44 bits per heavy atom. The fraction of sp³-hybridized carbons (Fsp3) is 1.00. The van der Waals surface area contributed by atoms with Gasteiger partial charge in [0.25, 0.3) is 0 Å². The molecule has 4 atom stereocenters. The Balaban J connectivity index is 1.96. The zero-order chi connectivity index (χ0) is 11.8. The Hall–Kier alpha value is 0.0900. The highest BCUT2D eigenvalue weighted by atomic mass is 35.5. The van der Waals surface area contributed by atoms with Crippen LogP contribution in [0.15, 0.2) is 0 Å². The van der Waals surface area contributed by atoms with Gasteiger partial charge in [-0.3, -0.25) is 0 Å². The molecule has 5 nitrogen and oxygen atoms in total. The summed E-state index contributed by atoms with van der Waals surface area (Å²) in [4.78, 5) is 0. The number of hydrogen-bond donors (Lipinski definition) is 1. The van der Waals surface area contributed by atoms with Crippen molar-refractivity contribution in [3.05, 3.63) is 0 Å². The van der Waals surface area contributed by atoms with E-state index in [9.17, 15) is 5.11 Å². The number of rotatable bonds is 3. The predicted octanol–water partition coefficient (Wildman–Crippen LogP) is 0.479. The molecule has 0 saturated carbocycles. The summed E-state index contributed by atoms with van der Waals surface area (Å²) in [6, 6.07) is 0. The first-order valence-corrected chi connectivity index (χ1v) is 5.90. The van der Waals surface area contributed by atoms with Crippen LogP contribution in [-0.4, -0.2) is 54.6 Å². The highest BCUT2D eigenvalue weighted by molar-refractivity contribution is 6.17. The van der Waals surface area contributed by atoms with Crippen molar-refractivity contribution in [2.75, 3.05) is 19.1 Å². The summed E-state index contributed by atoms with van der Waals surface area (Å²) in [5.74, 6) is -0.315. The Morgan fingerprint density at radius 2 is 2.19 bits per heavy atom. The van der Waals surface area contributed by atoms with E-state index in [-0.39, 0.29) is 6.10 Å². The molecular weight excluding hydrogens is 236 g/mol. The van der Waals surface area contributed by atoms with Crippen molar-refractivity contribution in [1.29, 1.82) is 0 Å². The minimum atomic E-state index is -0.844. The number of aliphatic hydroxyl groups is 1. The first kappa shape index (κ1) is 12.5. The molecule has 0 radical (unpaired) electrons. The average molecular weight is 253 g/mol. The predicted molar refractivity (Wildman–Crippen MR) is 56.2 cm³/mol. The number of fused-ring (bicyclic) bond motifs is 1.